The molecule has 0 bridgehead atoms. The Labute approximate surface area is 168 Å². The summed E-state index contributed by atoms with van der Waals surface area (Å²) in [4.78, 5) is 34.0. The Morgan fingerprint density at radius 1 is 1.18 bits per heavy atom. The second-order valence-corrected chi connectivity index (χ2v) is 8.24. The van der Waals surface area contributed by atoms with Crippen molar-refractivity contribution in [2.45, 2.75) is 24.7 Å². The van der Waals surface area contributed by atoms with Crippen LogP contribution in [-0.2, 0) is 6.54 Å². The highest BCUT2D eigenvalue weighted by molar-refractivity contribution is 7.99. The molecule has 0 radical (unpaired) electrons. The molecule has 1 unspecified atom stereocenters. The molecule has 2 aromatic rings. The van der Waals surface area contributed by atoms with Gasteiger partial charge in [-0.05, 0) is 19.1 Å². The van der Waals surface area contributed by atoms with Crippen LogP contribution in [-0.4, -0.2) is 64.9 Å². The maximum absolute atomic E-state index is 12.5. The van der Waals surface area contributed by atoms with E-state index in [2.05, 4.69) is 51.3 Å². The molecule has 0 saturated carbocycles. The molecule has 2 aliphatic heterocycles. The van der Waals surface area contributed by atoms with Crippen molar-refractivity contribution in [2.75, 3.05) is 43.4 Å². The van der Waals surface area contributed by atoms with E-state index in [0.717, 1.165) is 31.9 Å². The van der Waals surface area contributed by atoms with E-state index in [4.69, 9.17) is 0 Å². The molecule has 1 N–H and O–H groups in total. The van der Waals surface area contributed by atoms with Crippen molar-refractivity contribution in [1.29, 1.82) is 0 Å². The Kier molecular flexibility index (Phi) is 5.68. The van der Waals surface area contributed by atoms with Gasteiger partial charge in [0.2, 0.25) is 0 Å². The molecule has 7 nitrogen and oxygen atoms in total. The van der Waals surface area contributed by atoms with Gasteiger partial charge in [-0.2, -0.15) is 0 Å². The smallest absolute Gasteiger partial charge is 0.267 e. The number of amides is 1. The zero-order valence-electron chi connectivity index (χ0n) is 16.0. The monoisotopic (exact) mass is 399 g/mol. The first-order chi connectivity index (χ1) is 13.6. The third-order valence-electron chi connectivity index (χ3n) is 5.42. The minimum Gasteiger partial charge on any atom is -0.369 e. The van der Waals surface area contributed by atoms with Crippen LogP contribution in [0, 0.1) is 0 Å². The summed E-state index contributed by atoms with van der Waals surface area (Å²) < 4.78 is 1.59. The van der Waals surface area contributed by atoms with Gasteiger partial charge in [0.05, 0.1) is 0 Å². The fourth-order valence-corrected chi connectivity index (χ4v) is 4.61. The minimum absolute atomic E-state index is 0.132. The number of fused-ring (bicyclic) bond motifs is 1. The molecule has 28 heavy (non-hydrogen) atoms. The van der Waals surface area contributed by atoms with Gasteiger partial charge >= 0.3 is 0 Å². The average Bonchev–Trinajstić information content (AvgIpc) is 3.23. The van der Waals surface area contributed by atoms with Crippen LogP contribution >= 0.6 is 11.8 Å². The minimum atomic E-state index is -0.334. The lowest BCUT2D eigenvalue weighted by Crippen LogP contribution is -2.52. The number of hydrogen-bond donors (Lipinski definition) is 1. The van der Waals surface area contributed by atoms with Gasteiger partial charge in [0, 0.05) is 62.9 Å². The summed E-state index contributed by atoms with van der Waals surface area (Å²) >= 11 is 1.55. The van der Waals surface area contributed by atoms with Crippen LogP contribution < -0.4 is 15.8 Å². The molecule has 148 valence electrons. The molecule has 4 rings (SSSR count). The maximum Gasteiger partial charge on any atom is 0.267 e. The predicted molar refractivity (Wildman–Crippen MR) is 111 cm³/mol. The number of rotatable bonds is 5. The first kappa shape index (κ1) is 19.0. The Balaban J connectivity index is 1.30. The number of para-hydroxylation sites is 1. The number of carbonyl (C=O) groups excluding carboxylic acids is 1. The lowest BCUT2D eigenvalue weighted by atomic mass is 10.2. The van der Waals surface area contributed by atoms with Crippen LogP contribution in [0.1, 0.15) is 17.3 Å². The maximum atomic E-state index is 12.5. The van der Waals surface area contributed by atoms with Gasteiger partial charge in [-0.25, -0.2) is 4.98 Å². The van der Waals surface area contributed by atoms with Crippen LogP contribution in [0.25, 0.3) is 0 Å². The van der Waals surface area contributed by atoms with Crippen LogP contribution in [0.2, 0.25) is 0 Å². The summed E-state index contributed by atoms with van der Waals surface area (Å²) in [5, 5.41) is 3.62. The lowest BCUT2D eigenvalue weighted by molar-refractivity contribution is 0.0931. The van der Waals surface area contributed by atoms with Gasteiger partial charge in [0.15, 0.2) is 5.16 Å². The Morgan fingerprint density at radius 3 is 2.68 bits per heavy atom. The zero-order valence-corrected chi connectivity index (χ0v) is 16.8. The lowest BCUT2D eigenvalue weighted by Gasteiger charge is -2.39. The molecule has 1 saturated heterocycles. The van der Waals surface area contributed by atoms with Crippen LogP contribution in [0.4, 0.5) is 5.69 Å². The largest absolute Gasteiger partial charge is 0.369 e. The first-order valence-corrected chi connectivity index (χ1v) is 10.7. The van der Waals surface area contributed by atoms with E-state index < -0.39 is 0 Å². The van der Waals surface area contributed by atoms with Crippen LogP contribution in [0.3, 0.4) is 0 Å². The molecule has 3 heterocycles. The van der Waals surface area contributed by atoms with Crippen molar-refractivity contribution in [3.8, 4) is 0 Å². The van der Waals surface area contributed by atoms with Gasteiger partial charge in [0.1, 0.15) is 5.56 Å². The Bertz CT molecular complexity index is 893. The molecule has 8 heteroatoms. The first-order valence-electron chi connectivity index (χ1n) is 9.68. The summed E-state index contributed by atoms with van der Waals surface area (Å²) in [5.41, 5.74) is 1.15. The van der Waals surface area contributed by atoms with Crippen LogP contribution in [0.5, 0.6) is 0 Å². The number of aromatic nitrogens is 2. The SMILES string of the molecule is CC(CNC(=O)c1cnc2n(c1=O)CCS2)N1CCN(c2ccccc2)CC1. The fourth-order valence-electron chi connectivity index (χ4n) is 3.70. The summed E-state index contributed by atoms with van der Waals surface area (Å²) in [6, 6.07) is 10.7. The van der Waals surface area contributed by atoms with E-state index in [1.807, 2.05) is 6.07 Å². The highest BCUT2D eigenvalue weighted by Crippen LogP contribution is 2.20. The van der Waals surface area contributed by atoms with Crippen molar-refractivity contribution in [1.82, 2.24) is 19.8 Å². The molecule has 1 aromatic carbocycles. The highest BCUT2D eigenvalue weighted by Gasteiger charge is 2.23. The summed E-state index contributed by atoms with van der Waals surface area (Å²) in [6.07, 6.45) is 1.41. The normalized spacial score (nSPS) is 18.0. The number of hydrogen-bond acceptors (Lipinski definition) is 6. The van der Waals surface area contributed by atoms with E-state index in [1.165, 1.54) is 11.9 Å². The van der Waals surface area contributed by atoms with Gasteiger partial charge in [-0.1, -0.05) is 30.0 Å². The van der Waals surface area contributed by atoms with Gasteiger partial charge in [-0.15, -0.1) is 0 Å². The summed E-state index contributed by atoms with van der Waals surface area (Å²) in [6.45, 7) is 7.09. The third kappa shape index (κ3) is 3.93. The van der Waals surface area contributed by atoms with Crippen molar-refractivity contribution in [3.05, 3.63) is 52.4 Å². The molecule has 1 fully saturated rings. The Morgan fingerprint density at radius 2 is 1.93 bits per heavy atom. The van der Waals surface area contributed by atoms with Crippen LogP contribution in [0.15, 0.2) is 46.5 Å². The average molecular weight is 400 g/mol. The predicted octanol–water partition coefficient (Wildman–Crippen LogP) is 1.29. The fraction of sp³-hybridized carbons (Fsp3) is 0.450. The van der Waals surface area contributed by atoms with Gasteiger partial charge < -0.3 is 10.2 Å². The quantitative estimate of drug-likeness (QED) is 0.764. The molecule has 2 aliphatic rings. The number of nitrogens with zero attached hydrogens (tertiary/aromatic N) is 4. The number of thioether (sulfide) groups is 1. The van der Waals surface area contributed by atoms with Gasteiger partial charge in [0.25, 0.3) is 11.5 Å². The van der Waals surface area contributed by atoms with E-state index >= 15 is 0 Å². The number of piperazine rings is 1. The van der Waals surface area contributed by atoms with E-state index in [1.54, 1.807) is 16.3 Å². The molecular weight excluding hydrogens is 374 g/mol. The standard InChI is InChI=1S/C20H25N5O2S/c1-15(23-7-9-24(10-8-23)16-5-3-2-4-6-16)13-21-18(26)17-14-22-20-25(19(17)27)11-12-28-20/h2-6,14-15H,7-13H2,1H3,(H,21,26). The van der Waals surface area contributed by atoms with Crippen molar-refractivity contribution >= 4 is 23.4 Å². The van der Waals surface area contributed by atoms with E-state index in [0.29, 0.717) is 18.2 Å². The van der Waals surface area contributed by atoms with Gasteiger partial charge in [-0.3, -0.25) is 19.1 Å². The topological polar surface area (TPSA) is 70.5 Å². The van der Waals surface area contributed by atoms with E-state index in [9.17, 15) is 9.59 Å². The highest BCUT2D eigenvalue weighted by atomic mass is 32.2. The van der Waals surface area contributed by atoms with E-state index in [-0.39, 0.29) is 23.1 Å². The number of carbonyl (C=O) groups is 1. The Hall–Kier alpha value is -2.32. The third-order valence-corrected chi connectivity index (χ3v) is 6.39. The molecular formula is C20H25N5O2S. The van der Waals surface area contributed by atoms with Crippen molar-refractivity contribution < 1.29 is 4.79 Å². The molecule has 0 aliphatic carbocycles. The number of nitrogens with one attached hydrogen (secondary N) is 1. The number of anilines is 1. The zero-order chi connectivity index (χ0) is 19.5. The molecule has 1 aromatic heterocycles. The van der Waals surface area contributed by atoms with Crippen molar-refractivity contribution in [2.24, 2.45) is 0 Å². The number of benzene rings is 1. The molecule has 0 spiro atoms. The van der Waals surface area contributed by atoms with Crippen molar-refractivity contribution in [3.63, 3.8) is 0 Å². The summed E-state index contributed by atoms with van der Waals surface area (Å²) in [5.74, 6) is 0.499. The second kappa shape index (κ2) is 8.36. The summed E-state index contributed by atoms with van der Waals surface area (Å²) in [7, 11) is 0. The molecule has 1 amide bonds. The molecule has 1 atom stereocenters. The second-order valence-electron chi connectivity index (χ2n) is 7.18.